The van der Waals surface area contributed by atoms with Crippen LogP contribution in [0.4, 0.5) is 17.1 Å². The lowest BCUT2D eigenvalue weighted by Gasteiger charge is -2.33. The van der Waals surface area contributed by atoms with Crippen molar-refractivity contribution in [3.63, 3.8) is 0 Å². The number of rotatable bonds is 5. The third-order valence-electron chi connectivity index (χ3n) is 7.86. The zero-order chi connectivity index (χ0) is 28.8. The largest absolute Gasteiger partial charge is 0.493 e. The van der Waals surface area contributed by atoms with E-state index in [9.17, 15) is 0 Å². The summed E-state index contributed by atoms with van der Waals surface area (Å²) in [5, 5.41) is 1.08. The van der Waals surface area contributed by atoms with E-state index in [4.69, 9.17) is 19.2 Å². The van der Waals surface area contributed by atoms with E-state index >= 15 is 0 Å². The van der Waals surface area contributed by atoms with E-state index in [0.29, 0.717) is 11.5 Å². The highest BCUT2D eigenvalue weighted by Gasteiger charge is 2.28. The number of anilines is 3. The van der Waals surface area contributed by atoms with Crippen LogP contribution in [0.5, 0.6) is 23.0 Å². The fourth-order valence-electron chi connectivity index (χ4n) is 5.74. The highest BCUT2D eigenvalue weighted by molar-refractivity contribution is 6.07. The molecule has 0 radical (unpaired) electrons. The summed E-state index contributed by atoms with van der Waals surface area (Å²) >= 11 is 0. The number of pyridine rings is 1. The second-order valence-corrected chi connectivity index (χ2v) is 10.5. The molecule has 2 heterocycles. The number of aromatic nitrogens is 1. The summed E-state index contributed by atoms with van der Waals surface area (Å²) in [5.74, 6) is 2.98. The molecule has 5 nitrogen and oxygen atoms in total. The molecule has 0 unspecified atom stereocenters. The molecule has 5 heteroatoms. The van der Waals surface area contributed by atoms with Crippen LogP contribution in [0.2, 0.25) is 0 Å². The summed E-state index contributed by atoms with van der Waals surface area (Å²) in [4.78, 5) is 7.65. The molecule has 0 amide bonds. The van der Waals surface area contributed by atoms with Crippen molar-refractivity contribution >= 4 is 28.0 Å². The van der Waals surface area contributed by atoms with Crippen molar-refractivity contribution in [2.45, 2.75) is 13.8 Å². The molecule has 0 aliphatic carbocycles. The van der Waals surface area contributed by atoms with Gasteiger partial charge in [0, 0.05) is 10.9 Å². The number of nitrogens with zero attached hydrogens (tertiary/aromatic N) is 2. The molecule has 6 aromatic rings. The lowest BCUT2D eigenvalue weighted by Crippen LogP contribution is -2.16. The number of benzene rings is 5. The molecule has 7 rings (SSSR count). The Labute approximate surface area is 245 Å². The average Bonchev–Trinajstić information content (AvgIpc) is 3.03. The summed E-state index contributed by atoms with van der Waals surface area (Å²) in [5.41, 5.74) is 10.2. The predicted molar refractivity (Wildman–Crippen MR) is 170 cm³/mol. The maximum Gasteiger partial charge on any atom is 0.161 e. The maximum atomic E-state index is 6.32. The van der Waals surface area contributed by atoms with E-state index in [2.05, 4.69) is 79.4 Å². The van der Waals surface area contributed by atoms with Gasteiger partial charge in [-0.3, -0.25) is 0 Å². The number of fused-ring (bicyclic) bond motifs is 3. The predicted octanol–water partition coefficient (Wildman–Crippen LogP) is 9.78. The van der Waals surface area contributed by atoms with E-state index in [1.165, 1.54) is 5.56 Å². The Hall–Kier alpha value is -5.29. The van der Waals surface area contributed by atoms with Gasteiger partial charge in [0.25, 0.3) is 0 Å². The maximum absolute atomic E-state index is 6.32. The van der Waals surface area contributed by atoms with Crippen LogP contribution >= 0.6 is 0 Å². The molecule has 5 aromatic carbocycles. The van der Waals surface area contributed by atoms with Crippen molar-refractivity contribution in [1.82, 2.24) is 4.98 Å². The summed E-state index contributed by atoms with van der Waals surface area (Å²) in [6.45, 7) is 4.24. The SMILES string of the molecule is COc1ccc(-c2cc(-c3ccc(C)cc3)nc3c(N4c5ccccc5Oc5ccccc54)ccc(C)c23)cc1OC. The van der Waals surface area contributed by atoms with Crippen LogP contribution in [0.1, 0.15) is 11.1 Å². The molecular weight excluding hydrogens is 520 g/mol. The zero-order valence-electron chi connectivity index (χ0n) is 24.0. The minimum absolute atomic E-state index is 0.682. The molecule has 1 aliphatic rings. The summed E-state index contributed by atoms with van der Waals surface area (Å²) in [7, 11) is 3.32. The number of methoxy groups -OCH3 is 2. The Morgan fingerprint density at radius 2 is 1.26 bits per heavy atom. The first-order valence-corrected chi connectivity index (χ1v) is 14.0. The Morgan fingerprint density at radius 3 is 1.93 bits per heavy atom. The molecule has 206 valence electrons. The highest BCUT2D eigenvalue weighted by Crippen LogP contribution is 2.52. The van der Waals surface area contributed by atoms with Crippen molar-refractivity contribution in [3.05, 3.63) is 120 Å². The number of aryl methyl sites for hydroxylation is 2. The van der Waals surface area contributed by atoms with Crippen LogP contribution in [-0.2, 0) is 0 Å². The Kier molecular flexibility index (Phi) is 6.28. The lowest BCUT2D eigenvalue weighted by atomic mass is 9.94. The average molecular weight is 551 g/mol. The number of hydrogen-bond donors (Lipinski definition) is 0. The van der Waals surface area contributed by atoms with Gasteiger partial charge in [0.2, 0.25) is 0 Å². The Balaban J connectivity index is 1.57. The molecular formula is C37H30N2O3. The molecule has 0 spiro atoms. The quantitative estimate of drug-likeness (QED) is 0.213. The summed E-state index contributed by atoms with van der Waals surface area (Å²) < 4.78 is 17.6. The third kappa shape index (κ3) is 4.22. The van der Waals surface area contributed by atoms with Crippen LogP contribution < -0.4 is 19.1 Å². The van der Waals surface area contributed by atoms with Crippen LogP contribution in [0.25, 0.3) is 33.3 Å². The van der Waals surface area contributed by atoms with Gasteiger partial charge in [-0.15, -0.1) is 0 Å². The standard InChI is InChI=1S/C37H30N2O3/c1-23-13-16-25(17-14-23)28-22-27(26-18-20-34(40-3)35(21-26)41-4)36-24(2)15-19-31(37(36)38-28)39-29-9-5-7-11-32(29)42-33-12-8-6-10-30(33)39/h5-22H,1-4H3. The number of ether oxygens (including phenoxy) is 3. The van der Waals surface area contributed by atoms with Gasteiger partial charge >= 0.3 is 0 Å². The van der Waals surface area contributed by atoms with Gasteiger partial charge in [-0.1, -0.05) is 66.2 Å². The van der Waals surface area contributed by atoms with Crippen LogP contribution in [-0.4, -0.2) is 19.2 Å². The first kappa shape index (κ1) is 25.7. The van der Waals surface area contributed by atoms with Crippen LogP contribution in [0.15, 0.2) is 109 Å². The summed E-state index contributed by atoms with van der Waals surface area (Å²) in [6.07, 6.45) is 0. The number of hydrogen-bond acceptors (Lipinski definition) is 5. The molecule has 0 N–H and O–H groups in total. The Morgan fingerprint density at radius 1 is 0.619 bits per heavy atom. The van der Waals surface area contributed by atoms with Crippen molar-refractivity contribution in [2.24, 2.45) is 0 Å². The molecule has 0 bridgehead atoms. The fraction of sp³-hybridized carbons (Fsp3) is 0.108. The van der Waals surface area contributed by atoms with E-state index in [-0.39, 0.29) is 0 Å². The zero-order valence-corrected chi connectivity index (χ0v) is 24.0. The minimum Gasteiger partial charge on any atom is -0.493 e. The van der Waals surface area contributed by atoms with Crippen LogP contribution in [0, 0.1) is 13.8 Å². The minimum atomic E-state index is 0.682. The van der Waals surface area contributed by atoms with E-state index in [1.807, 2.05) is 48.5 Å². The summed E-state index contributed by atoms with van der Waals surface area (Å²) in [6, 6.07) is 37.4. The van der Waals surface area contributed by atoms with Crippen LogP contribution in [0.3, 0.4) is 0 Å². The smallest absolute Gasteiger partial charge is 0.161 e. The third-order valence-corrected chi connectivity index (χ3v) is 7.86. The van der Waals surface area contributed by atoms with Gasteiger partial charge in [0.1, 0.15) is 0 Å². The van der Waals surface area contributed by atoms with Crippen molar-refractivity contribution < 1.29 is 14.2 Å². The highest BCUT2D eigenvalue weighted by atomic mass is 16.5. The van der Waals surface area contributed by atoms with Gasteiger partial charge in [-0.25, -0.2) is 4.98 Å². The van der Waals surface area contributed by atoms with Crippen molar-refractivity contribution in [1.29, 1.82) is 0 Å². The first-order chi connectivity index (χ1) is 20.6. The van der Waals surface area contributed by atoms with Gasteiger partial charge in [0.15, 0.2) is 23.0 Å². The topological polar surface area (TPSA) is 43.8 Å². The van der Waals surface area contributed by atoms with Gasteiger partial charge in [0.05, 0.1) is 42.5 Å². The van der Waals surface area contributed by atoms with E-state index in [1.54, 1.807) is 14.2 Å². The molecule has 0 fully saturated rings. The Bertz CT molecular complexity index is 1920. The molecule has 1 aliphatic heterocycles. The second kappa shape index (κ2) is 10.3. The van der Waals surface area contributed by atoms with Gasteiger partial charge in [-0.2, -0.15) is 0 Å². The van der Waals surface area contributed by atoms with E-state index < -0.39 is 0 Å². The molecule has 1 aromatic heterocycles. The molecule has 0 atom stereocenters. The van der Waals surface area contributed by atoms with Gasteiger partial charge in [-0.05, 0) is 79.1 Å². The normalized spacial score (nSPS) is 12.0. The van der Waals surface area contributed by atoms with Crippen molar-refractivity contribution in [3.8, 4) is 45.4 Å². The number of para-hydroxylation sites is 4. The first-order valence-electron chi connectivity index (χ1n) is 14.0. The monoisotopic (exact) mass is 550 g/mol. The van der Waals surface area contributed by atoms with E-state index in [0.717, 1.165) is 67.4 Å². The van der Waals surface area contributed by atoms with Gasteiger partial charge < -0.3 is 19.1 Å². The second-order valence-electron chi connectivity index (χ2n) is 10.5. The molecule has 42 heavy (non-hydrogen) atoms. The fourth-order valence-corrected chi connectivity index (χ4v) is 5.74. The molecule has 0 saturated carbocycles. The van der Waals surface area contributed by atoms with Crippen molar-refractivity contribution in [2.75, 3.05) is 19.1 Å². The lowest BCUT2D eigenvalue weighted by molar-refractivity contribution is 0.355. The molecule has 0 saturated heterocycles.